The summed E-state index contributed by atoms with van der Waals surface area (Å²) < 4.78 is 0. The van der Waals surface area contributed by atoms with Gasteiger partial charge in [-0.1, -0.05) is 50.2 Å². The van der Waals surface area contributed by atoms with Gasteiger partial charge in [-0.2, -0.15) is 0 Å². The molecule has 300 valence electrons. The number of aryl methyl sites for hydroxylation is 2. The highest BCUT2D eigenvalue weighted by atomic mass is 16.2. The number of hydrogen-bond donors (Lipinski definition) is 0. The summed E-state index contributed by atoms with van der Waals surface area (Å²) in [6.45, 7) is 16.8. The zero-order valence-electron chi connectivity index (χ0n) is 35.1. The number of nitrogens with zero attached hydrogens (tertiary/aromatic N) is 6. The quantitative estimate of drug-likeness (QED) is 0.197. The molecule has 4 aliphatic rings. The van der Waals surface area contributed by atoms with E-state index in [1.807, 2.05) is 24.5 Å². The summed E-state index contributed by atoms with van der Waals surface area (Å²) in [4.78, 5) is 44.4. The molecule has 4 aromatic rings. The molecule has 8 nitrogen and oxygen atoms in total. The Morgan fingerprint density at radius 1 is 0.589 bits per heavy atom. The lowest BCUT2D eigenvalue weighted by molar-refractivity contribution is -0.135. The van der Waals surface area contributed by atoms with Crippen LogP contribution in [0.2, 0.25) is 0 Å². The molecule has 6 heterocycles. The van der Waals surface area contributed by atoms with Crippen molar-refractivity contribution in [3.8, 4) is 0 Å². The second kappa shape index (κ2) is 18.1. The van der Waals surface area contributed by atoms with Gasteiger partial charge in [0.2, 0.25) is 11.8 Å². The van der Waals surface area contributed by atoms with Gasteiger partial charge in [0.1, 0.15) is 0 Å². The smallest absolute Gasteiger partial charge is 0.222 e. The number of fused-ring (bicyclic) bond motifs is 2. The Bertz CT molecular complexity index is 1820. The van der Waals surface area contributed by atoms with Gasteiger partial charge in [-0.15, -0.1) is 0 Å². The van der Waals surface area contributed by atoms with Crippen LogP contribution in [0.4, 0.5) is 0 Å². The molecule has 2 aromatic heterocycles. The second-order valence-electron chi connectivity index (χ2n) is 18.3. The van der Waals surface area contributed by atoms with E-state index >= 15 is 0 Å². The van der Waals surface area contributed by atoms with Gasteiger partial charge in [-0.3, -0.25) is 19.6 Å². The van der Waals surface area contributed by atoms with E-state index in [1.165, 1.54) is 33.0 Å². The highest BCUT2D eigenvalue weighted by Gasteiger charge is 2.33. The minimum absolute atomic E-state index is 0.362. The summed E-state index contributed by atoms with van der Waals surface area (Å²) in [7, 11) is 4.35. The minimum Gasteiger partial charge on any atom is -0.342 e. The van der Waals surface area contributed by atoms with Crippen LogP contribution >= 0.6 is 0 Å². The summed E-state index contributed by atoms with van der Waals surface area (Å²) >= 11 is 0. The molecule has 8 heteroatoms. The van der Waals surface area contributed by atoms with Crippen LogP contribution in [0.5, 0.6) is 0 Å². The van der Waals surface area contributed by atoms with E-state index in [-0.39, 0.29) is 0 Å². The number of aromatic nitrogens is 2. The van der Waals surface area contributed by atoms with Gasteiger partial charge in [0, 0.05) is 74.0 Å². The first-order chi connectivity index (χ1) is 27.0. The van der Waals surface area contributed by atoms with E-state index in [9.17, 15) is 9.59 Å². The van der Waals surface area contributed by atoms with Crippen LogP contribution in [-0.2, 0) is 9.59 Å². The number of amides is 2. The van der Waals surface area contributed by atoms with Crippen molar-refractivity contribution in [3.05, 3.63) is 83.2 Å². The van der Waals surface area contributed by atoms with Crippen molar-refractivity contribution < 1.29 is 9.59 Å². The van der Waals surface area contributed by atoms with Crippen molar-refractivity contribution in [3.63, 3.8) is 0 Å². The maximum Gasteiger partial charge on any atom is 0.222 e. The zero-order valence-corrected chi connectivity index (χ0v) is 35.1. The first-order valence-corrected chi connectivity index (χ1v) is 21.6. The van der Waals surface area contributed by atoms with Crippen LogP contribution in [0.25, 0.3) is 21.8 Å². The van der Waals surface area contributed by atoms with E-state index in [4.69, 9.17) is 0 Å². The molecule has 0 N–H and O–H groups in total. The Labute approximate surface area is 336 Å². The monoisotopic (exact) mass is 759 g/mol. The fourth-order valence-corrected chi connectivity index (χ4v) is 10.2. The van der Waals surface area contributed by atoms with E-state index in [2.05, 4.69) is 108 Å². The molecule has 0 aliphatic carbocycles. The van der Waals surface area contributed by atoms with Gasteiger partial charge in [0.25, 0.3) is 0 Å². The third kappa shape index (κ3) is 9.62. The molecule has 2 aromatic carbocycles. The molecule has 8 rings (SSSR count). The second-order valence-corrected chi connectivity index (χ2v) is 18.3. The molecule has 4 aliphatic heterocycles. The van der Waals surface area contributed by atoms with Crippen LogP contribution in [0.1, 0.15) is 99.3 Å². The minimum atomic E-state index is 0.362. The summed E-state index contributed by atoms with van der Waals surface area (Å²) in [6.07, 6.45) is 12.1. The van der Waals surface area contributed by atoms with Crippen molar-refractivity contribution in [1.82, 2.24) is 29.6 Å². The Kier molecular flexibility index (Phi) is 13.1. The van der Waals surface area contributed by atoms with Crippen LogP contribution < -0.4 is 0 Å². The van der Waals surface area contributed by atoms with Crippen LogP contribution in [-0.4, -0.2) is 108 Å². The number of rotatable bonds is 6. The summed E-state index contributed by atoms with van der Waals surface area (Å²) in [6, 6.07) is 17.3. The van der Waals surface area contributed by atoms with Gasteiger partial charge < -0.3 is 19.6 Å². The molecule has 2 amide bonds. The summed E-state index contributed by atoms with van der Waals surface area (Å²) in [5, 5.41) is 2.51. The number of benzene rings is 2. The molecule has 4 atom stereocenters. The Hall–Kier alpha value is -3.88. The van der Waals surface area contributed by atoms with E-state index < -0.39 is 0 Å². The lowest BCUT2D eigenvalue weighted by atomic mass is 9.83. The molecule has 56 heavy (non-hydrogen) atoms. The number of hydrogen-bond acceptors (Lipinski definition) is 6. The molecule has 0 bridgehead atoms. The normalized spacial score (nSPS) is 24.6. The summed E-state index contributed by atoms with van der Waals surface area (Å²) in [5.41, 5.74) is 7.36. The lowest BCUT2D eigenvalue weighted by Gasteiger charge is -2.38. The maximum atomic E-state index is 13.1. The van der Waals surface area contributed by atoms with E-state index in [0.717, 1.165) is 115 Å². The Balaban J connectivity index is 0.000000172. The standard InChI is InChI=1S/2C24H33N3O/c2*1-17-13-20(21-7-6-18(2)24-22(21)5-4-10-25-24)16-27(15-17)23(28)14-19-8-11-26(3)12-9-19/h2*4-7,10,17,19-20H,8-9,11-16H2,1-3H3/t17-,20+;17-,20-/m00/s1. The first kappa shape index (κ1) is 40.3. The zero-order chi connectivity index (χ0) is 39.3. The van der Waals surface area contributed by atoms with Crippen molar-refractivity contribution in [1.29, 1.82) is 0 Å². The molecule has 0 unspecified atom stereocenters. The highest BCUT2D eigenvalue weighted by Crippen LogP contribution is 2.37. The fraction of sp³-hybridized carbons (Fsp3) is 0.583. The van der Waals surface area contributed by atoms with Crippen LogP contribution in [0.15, 0.2) is 60.9 Å². The molecule has 4 saturated heterocycles. The molecule has 0 radical (unpaired) electrons. The summed E-state index contributed by atoms with van der Waals surface area (Å²) in [5.74, 6) is 3.71. The van der Waals surface area contributed by atoms with Gasteiger partial charge >= 0.3 is 0 Å². The average Bonchev–Trinajstić information content (AvgIpc) is 3.20. The number of carbonyl (C=O) groups is 2. The SMILES string of the molecule is Cc1ccc([C@@H]2C[C@H](C)CN(C(=O)CC3CCN(C)CC3)C2)c2cccnc12.Cc1ccc([C@H]2C[C@H](C)CN(C(=O)CC3CCN(C)CC3)C2)c2cccnc12. The van der Waals surface area contributed by atoms with Crippen LogP contribution in [0, 0.1) is 37.5 Å². The van der Waals surface area contributed by atoms with Crippen molar-refractivity contribution in [2.75, 3.05) is 66.5 Å². The maximum absolute atomic E-state index is 13.1. The predicted octanol–water partition coefficient (Wildman–Crippen LogP) is 8.45. The van der Waals surface area contributed by atoms with Gasteiger partial charge in [0.15, 0.2) is 0 Å². The number of pyridine rings is 2. The Morgan fingerprint density at radius 2 is 0.982 bits per heavy atom. The third-order valence-corrected chi connectivity index (χ3v) is 13.5. The number of likely N-dealkylation sites (tertiary alicyclic amines) is 4. The number of piperidine rings is 4. The van der Waals surface area contributed by atoms with Crippen molar-refractivity contribution in [2.45, 2.75) is 90.9 Å². The van der Waals surface area contributed by atoms with Crippen molar-refractivity contribution in [2.24, 2.45) is 23.7 Å². The average molecular weight is 759 g/mol. The van der Waals surface area contributed by atoms with E-state index in [0.29, 0.717) is 47.3 Å². The molecule has 4 fully saturated rings. The van der Waals surface area contributed by atoms with Crippen molar-refractivity contribution >= 4 is 33.6 Å². The third-order valence-electron chi connectivity index (χ3n) is 13.5. The Morgan fingerprint density at radius 3 is 1.38 bits per heavy atom. The molecular formula is C48H66N6O2. The topological polar surface area (TPSA) is 72.9 Å². The molecular weight excluding hydrogens is 693 g/mol. The predicted molar refractivity (Wildman–Crippen MR) is 229 cm³/mol. The van der Waals surface area contributed by atoms with Crippen LogP contribution in [0.3, 0.4) is 0 Å². The largest absolute Gasteiger partial charge is 0.342 e. The van der Waals surface area contributed by atoms with Gasteiger partial charge in [0.05, 0.1) is 11.0 Å². The molecule has 0 saturated carbocycles. The lowest BCUT2D eigenvalue weighted by Crippen LogP contribution is -2.43. The highest BCUT2D eigenvalue weighted by molar-refractivity contribution is 5.86. The molecule has 0 spiro atoms. The van der Waals surface area contributed by atoms with E-state index in [1.54, 1.807) is 0 Å². The van der Waals surface area contributed by atoms with Gasteiger partial charge in [-0.05, 0) is 151 Å². The number of carbonyl (C=O) groups excluding carboxylic acids is 2. The first-order valence-electron chi connectivity index (χ1n) is 21.6. The fourth-order valence-electron chi connectivity index (χ4n) is 10.2. The van der Waals surface area contributed by atoms with Gasteiger partial charge in [-0.25, -0.2) is 0 Å².